The average Bonchev–Trinajstić information content (AvgIpc) is 2.25. The number of rotatable bonds is 2. The molecule has 1 aliphatic rings. The highest BCUT2D eigenvalue weighted by molar-refractivity contribution is 6.28. The van der Waals surface area contributed by atoms with Gasteiger partial charge in [-0.1, -0.05) is 0 Å². The summed E-state index contributed by atoms with van der Waals surface area (Å²) in [7, 11) is 0. The van der Waals surface area contributed by atoms with Gasteiger partial charge in [0.05, 0.1) is 10.9 Å². The summed E-state index contributed by atoms with van der Waals surface area (Å²) in [6, 6.07) is 4.50. The molecule has 1 fully saturated rings. The molecule has 0 spiro atoms. The summed E-state index contributed by atoms with van der Waals surface area (Å²) < 4.78 is 1.49. The number of nitrogens with zero attached hydrogens (tertiary/aromatic N) is 2. The quantitative estimate of drug-likeness (QED) is 0.795. The Kier molecular flexibility index (Phi) is 2.72. The number of aromatic nitrogens is 2. The average molecular weight is 266 g/mol. The van der Waals surface area contributed by atoms with Crippen molar-refractivity contribution in [2.24, 2.45) is 5.92 Å². The lowest BCUT2D eigenvalue weighted by Crippen LogP contribution is -2.45. The number of fused-ring (bicyclic) bond motifs is 1. The molecule has 94 valence electrons. The smallest absolute Gasteiger partial charge is 0.262 e. The van der Waals surface area contributed by atoms with Gasteiger partial charge in [-0.3, -0.25) is 9.36 Å². The molecule has 2 heterocycles. The molecule has 0 bridgehead atoms. The molecule has 1 aromatic carbocycles. The zero-order valence-corrected chi connectivity index (χ0v) is 10.3. The van der Waals surface area contributed by atoms with Crippen LogP contribution in [-0.4, -0.2) is 27.7 Å². The van der Waals surface area contributed by atoms with E-state index in [1.807, 2.05) is 0 Å². The van der Waals surface area contributed by atoms with Crippen LogP contribution >= 0.6 is 11.6 Å². The van der Waals surface area contributed by atoms with Crippen LogP contribution in [0.3, 0.4) is 0 Å². The molecule has 0 aliphatic carbocycles. The van der Waals surface area contributed by atoms with Gasteiger partial charge in [-0.15, -0.1) is 0 Å². The van der Waals surface area contributed by atoms with Gasteiger partial charge in [-0.2, -0.15) is 0 Å². The molecular weight excluding hydrogens is 254 g/mol. The minimum atomic E-state index is -0.156. The third-order valence-electron chi connectivity index (χ3n) is 3.20. The molecule has 0 amide bonds. The van der Waals surface area contributed by atoms with Crippen LogP contribution in [0.1, 0.15) is 0 Å². The van der Waals surface area contributed by atoms with Gasteiger partial charge >= 0.3 is 0 Å². The first-order chi connectivity index (χ1) is 8.65. The van der Waals surface area contributed by atoms with Gasteiger partial charge in [-0.25, -0.2) is 4.98 Å². The maximum atomic E-state index is 12.3. The summed E-state index contributed by atoms with van der Waals surface area (Å²) in [6.07, 6.45) is 0. The molecule has 5 nitrogen and oxygen atoms in total. The summed E-state index contributed by atoms with van der Waals surface area (Å²) in [5.74, 6) is 0.503. The first-order valence-corrected chi connectivity index (χ1v) is 6.13. The van der Waals surface area contributed by atoms with Crippen LogP contribution in [0.15, 0.2) is 23.0 Å². The molecule has 0 atom stereocenters. The van der Waals surface area contributed by atoms with E-state index >= 15 is 0 Å². The van der Waals surface area contributed by atoms with Crippen LogP contribution in [-0.2, 0) is 6.54 Å². The SMILES string of the molecule is O=c1c2ccc(O)cc2nc(Cl)n1CC1CNC1. The van der Waals surface area contributed by atoms with Gasteiger partial charge in [0.1, 0.15) is 5.75 Å². The van der Waals surface area contributed by atoms with Crippen LogP contribution in [0.4, 0.5) is 0 Å². The van der Waals surface area contributed by atoms with Gasteiger partial charge in [0.25, 0.3) is 5.56 Å². The minimum Gasteiger partial charge on any atom is -0.508 e. The Morgan fingerprint density at radius 2 is 2.28 bits per heavy atom. The largest absolute Gasteiger partial charge is 0.508 e. The number of nitrogens with one attached hydrogen (secondary N) is 1. The Labute approximate surface area is 108 Å². The number of hydrogen-bond acceptors (Lipinski definition) is 4. The third-order valence-corrected chi connectivity index (χ3v) is 3.49. The molecule has 1 aromatic heterocycles. The minimum absolute atomic E-state index is 0.0754. The first kappa shape index (κ1) is 11.5. The van der Waals surface area contributed by atoms with Crippen LogP contribution in [0.25, 0.3) is 10.9 Å². The molecule has 0 unspecified atom stereocenters. The molecule has 2 N–H and O–H groups in total. The van der Waals surface area contributed by atoms with E-state index in [0.717, 1.165) is 13.1 Å². The molecule has 0 saturated carbocycles. The fourth-order valence-electron chi connectivity index (χ4n) is 2.08. The molecule has 1 aliphatic heterocycles. The van der Waals surface area contributed by atoms with Crippen molar-refractivity contribution in [1.29, 1.82) is 0 Å². The van der Waals surface area contributed by atoms with Crippen LogP contribution in [0, 0.1) is 5.92 Å². The van der Waals surface area contributed by atoms with Crippen LogP contribution in [0.5, 0.6) is 5.75 Å². The Hall–Kier alpha value is -1.59. The predicted molar refractivity (Wildman–Crippen MR) is 69.0 cm³/mol. The van der Waals surface area contributed by atoms with Gasteiger partial charge in [0.2, 0.25) is 5.28 Å². The van der Waals surface area contributed by atoms with Crippen LogP contribution in [0.2, 0.25) is 5.28 Å². The van der Waals surface area contributed by atoms with Gasteiger partial charge < -0.3 is 10.4 Å². The van der Waals surface area contributed by atoms with Crippen molar-refractivity contribution in [2.75, 3.05) is 13.1 Å². The van der Waals surface area contributed by atoms with Crippen molar-refractivity contribution in [3.8, 4) is 5.75 Å². The molecule has 2 aromatic rings. The number of phenolic OH excluding ortho intramolecular Hbond substituents is 1. The second-order valence-electron chi connectivity index (χ2n) is 4.52. The van der Waals surface area contributed by atoms with E-state index in [0.29, 0.717) is 23.4 Å². The highest BCUT2D eigenvalue weighted by Gasteiger charge is 2.20. The first-order valence-electron chi connectivity index (χ1n) is 5.75. The number of phenols is 1. The zero-order chi connectivity index (χ0) is 12.7. The molecule has 6 heteroatoms. The molecule has 0 radical (unpaired) electrons. The van der Waals surface area contributed by atoms with Crippen molar-refractivity contribution in [2.45, 2.75) is 6.54 Å². The van der Waals surface area contributed by atoms with E-state index in [1.165, 1.54) is 16.7 Å². The Bertz CT molecular complexity index is 664. The van der Waals surface area contributed by atoms with Crippen LogP contribution < -0.4 is 10.9 Å². The maximum absolute atomic E-state index is 12.3. The molecular formula is C12H12ClN3O2. The van der Waals surface area contributed by atoms with Gasteiger partial charge in [0.15, 0.2) is 0 Å². The number of halogens is 1. The lowest BCUT2D eigenvalue weighted by atomic mass is 10.0. The van der Waals surface area contributed by atoms with Crippen molar-refractivity contribution in [3.63, 3.8) is 0 Å². The van der Waals surface area contributed by atoms with Gasteiger partial charge in [0, 0.05) is 31.6 Å². The fraction of sp³-hybridized carbons (Fsp3) is 0.333. The molecule has 18 heavy (non-hydrogen) atoms. The number of hydrogen-bond donors (Lipinski definition) is 2. The maximum Gasteiger partial charge on any atom is 0.262 e. The van der Waals surface area contributed by atoms with E-state index < -0.39 is 0 Å². The van der Waals surface area contributed by atoms with Crippen molar-refractivity contribution >= 4 is 22.5 Å². The second-order valence-corrected chi connectivity index (χ2v) is 4.86. The lowest BCUT2D eigenvalue weighted by Gasteiger charge is -2.27. The predicted octanol–water partition coefficient (Wildman–Crippen LogP) is 0.975. The van der Waals surface area contributed by atoms with Crippen molar-refractivity contribution < 1.29 is 5.11 Å². The normalized spacial score (nSPS) is 15.8. The van der Waals surface area contributed by atoms with E-state index in [-0.39, 0.29) is 16.6 Å². The van der Waals surface area contributed by atoms with Crippen molar-refractivity contribution in [3.05, 3.63) is 33.8 Å². The Morgan fingerprint density at radius 3 is 2.94 bits per heavy atom. The summed E-state index contributed by atoms with van der Waals surface area (Å²) in [4.78, 5) is 16.4. The van der Waals surface area contributed by atoms with E-state index in [9.17, 15) is 9.90 Å². The summed E-state index contributed by atoms with van der Waals surface area (Å²) >= 11 is 6.04. The second kappa shape index (κ2) is 4.26. The van der Waals surface area contributed by atoms with Gasteiger partial charge in [-0.05, 0) is 23.7 Å². The standard InChI is InChI=1S/C12H12ClN3O2/c13-12-15-10-3-8(17)1-2-9(10)11(18)16(12)6-7-4-14-5-7/h1-3,7,14,17H,4-6H2. The van der Waals surface area contributed by atoms with E-state index in [4.69, 9.17) is 11.6 Å². The zero-order valence-electron chi connectivity index (χ0n) is 9.56. The summed E-state index contributed by atoms with van der Waals surface area (Å²) in [5.41, 5.74) is 0.268. The molecule has 1 saturated heterocycles. The number of benzene rings is 1. The monoisotopic (exact) mass is 265 g/mol. The van der Waals surface area contributed by atoms with E-state index in [2.05, 4.69) is 10.3 Å². The third kappa shape index (κ3) is 1.85. The Morgan fingerprint density at radius 1 is 1.50 bits per heavy atom. The lowest BCUT2D eigenvalue weighted by molar-refractivity contribution is 0.303. The van der Waals surface area contributed by atoms with E-state index in [1.54, 1.807) is 6.07 Å². The fourth-order valence-corrected chi connectivity index (χ4v) is 2.31. The highest BCUT2D eigenvalue weighted by atomic mass is 35.5. The summed E-state index contributed by atoms with van der Waals surface area (Å²) in [5, 5.41) is 13.2. The number of aromatic hydroxyl groups is 1. The molecule has 3 rings (SSSR count). The highest BCUT2D eigenvalue weighted by Crippen LogP contribution is 2.18. The summed E-state index contributed by atoms with van der Waals surface area (Å²) in [6.45, 7) is 2.38. The van der Waals surface area contributed by atoms with Crippen molar-refractivity contribution in [1.82, 2.24) is 14.9 Å². The Balaban J connectivity index is 2.14. The topological polar surface area (TPSA) is 67.1 Å².